The molecule has 1 aromatic rings. The Bertz CT molecular complexity index is 520. The second kappa shape index (κ2) is 4.66. The number of carbonyl (C=O) groups is 1. The van der Waals surface area contributed by atoms with Gasteiger partial charge in [0.1, 0.15) is 5.70 Å². The summed E-state index contributed by atoms with van der Waals surface area (Å²) in [5.41, 5.74) is 0.182. The molecule has 2 rings (SSSR count). The minimum atomic E-state index is -0.953. The van der Waals surface area contributed by atoms with E-state index in [2.05, 4.69) is 5.32 Å². The SMILES string of the molecule is Cl.O=C(O)C1=CC=c2ccccc2=CN1. The summed E-state index contributed by atoms with van der Waals surface area (Å²) in [5, 5.41) is 13.5. The van der Waals surface area contributed by atoms with Crippen molar-refractivity contribution >= 4 is 30.7 Å². The van der Waals surface area contributed by atoms with E-state index >= 15 is 0 Å². The molecule has 1 aromatic carbocycles. The van der Waals surface area contributed by atoms with Crippen LogP contribution in [0.4, 0.5) is 0 Å². The molecule has 4 heteroatoms. The van der Waals surface area contributed by atoms with Crippen LogP contribution in [0, 0.1) is 0 Å². The Hall–Kier alpha value is -1.74. The van der Waals surface area contributed by atoms with Gasteiger partial charge in [-0.05, 0) is 16.5 Å². The van der Waals surface area contributed by atoms with Gasteiger partial charge in [0.05, 0.1) is 0 Å². The van der Waals surface area contributed by atoms with Crippen LogP contribution in [0.5, 0.6) is 0 Å². The van der Waals surface area contributed by atoms with E-state index in [-0.39, 0.29) is 18.1 Å². The molecule has 0 aliphatic carbocycles. The third kappa shape index (κ3) is 2.39. The topological polar surface area (TPSA) is 49.3 Å². The summed E-state index contributed by atoms with van der Waals surface area (Å²) >= 11 is 0. The monoisotopic (exact) mass is 223 g/mol. The standard InChI is InChI=1S/C11H9NO2.ClH/c13-11(14)10-6-5-8-3-1-2-4-9(8)7-12-10;/h1-7,12H,(H,13,14);1H. The van der Waals surface area contributed by atoms with E-state index in [1.807, 2.05) is 24.3 Å². The molecule has 0 bridgehead atoms. The molecule has 0 radical (unpaired) electrons. The van der Waals surface area contributed by atoms with Crippen molar-refractivity contribution in [2.24, 2.45) is 0 Å². The maximum Gasteiger partial charge on any atom is 0.352 e. The number of hydrogen-bond donors (Lipinski definition) is 2. The first-order valence-electron chi connectivity index (χ1n) is 4.24. The van der Waals surface area contributed by atoms with E-state index < -0.39 is 5.97 Å². The van der Waals surface area contributed by atoms with Gasteiger partial charge in [-0.15, -0.1) is 12.4 Å². The summed E-state index contributed by atoms with van der Waals surface area (Å²) in [4.78, 5) is 10.7. The maximum atomic E-state index is 10.7. The van der Waals surface area contributed by atoms with Crippen LogP contribution >= 0.6 is 12.4 Å². The Morgan fingerprint density at radius 2 is 1.80 bits per heavy atom. The molecule has 0 fully saturated rings. The average Bonchev–Trinajstić information content (AvgIpc) is 2.39. The number of hydrogen-bond acceptors (Lipinski definition) is 2. The van der Waals surface area contributed by atoms with E-state index in [9.17, 15) is 4.79 Å². The van der Waals surface area contributed by atoms with Gasteiger partial charge in [0.15, 0.2) is 0 Å². The molecule has 0 atom stereocenters. The number of carboxylic acid groups (broad SMARTS) is 1. The fourth-order valence-electron chi connectivity index (χ4n) is 1.30. The predicted octanol–water partition coefficient (Wildman–Crippen LogP) is 0.199. The molecule has 1 aliphatic heterocycles. The van der Waals surface area contributed by atoms with Gasteiger partial charge in [-0.3, -0.25) is 0 Å². The highest BCUT2D eigenvalue weighted by Crippen LogP contribution is 1.91. The highest BCUT2D eigenvalue weighted by Gasteiger charge is 2.04. The number of benzene rings is 1. The van der Waals surface area contributed by atoms with Crippen molar-refractivity contribution < 1.29 is 9.90 Å². The Morgan fingerprint density at radius 3 is 2.47 bits per heavy atom. The first-order chi connectivity index (χ1) is 6.77. The molecule has 0 saturated carbocycles. The lowest BCUT2D eigenvalue weighted by atomic mass is 10.2. The van der Waals surface area contributed by atoms with Crippen molar-refractivity contribution in [2.75, 3.05) is 0 Å². The number of carboxylic acids is 1. The van der Waals surface area contributed by atoms with Crippen LogP contribution in [0.25, 0.3) is 12.3 Å². The fraction of sp³-hybridized carbons (Fsp3) is 0. The highest BCUT2D eigenvalue weighted by atomic mass is 35.5. The van der Waals surface area contributed by atoms with Gasteiger partial charge in [0.25, 0.3) is 0 Å². The minimum Gasteiger partial charge on any atom is -0.477 e. The summed E-state index contributed by atoms with van der Waals surface area (Å²) in [6.07, 6.45) is 5.04. The van der Waals surface area contributed by atoms with Gasteiger partial charge in [0, 0.05) is 6.20 Å². The van der Waals surface area contributed by atoms with E-state index in [1.54, 1.807) is 18.4 Å². The number of halogens is 1. The maximum absolute atomic E-state index is 10.7. The summed E-state index contributed by atoms with van der Waals surface area (Å²) in [6, 6.07) is 7.70. The van der Waals surface area contributed by atoms with Crippen LogP contribution < -0.4 is 15.8 Å². The Morgan fingerprint density at radius 1 is 1.13 bits per heavy atom. The zero-order valence-electron chi connectivity index (χ0n) is 7.81. The molecule has 1 aliphatic rings. The third-order valence-corrected chi connectivity index (χ3v) is 2.04. The Labute approximate surface area is 92.8 Å². The lowest BCUT2D eigenvalue weighted by Gasteiger charge is -1.97. The molecule has 0 spiro atoms. The number of allylic oxidation sites excluding steroid dienone is 1. The normalized spacial score (nSPS) is 12.7. The number of rotatable bonds is 1. The second-order valence-electron chi connectivity index (χ2n) is 2.97. The van der Waals surface area contributed by atoms with Gasteiger partial charge in [-0.25, -0.2) is 4.79 Å². The summed E-state index contributed by atoms with van der Waals surface area (Å²) in [6.45, 7) is 0. The van der Waals surface area contributed by atoms with Crippen LogP contribution in [0.2, 0.25) is 0 Å². The largest absolute Gasteiger partial charge is 0.477 e. The number of aliphatic carboxylic acids is 1. The van der Waals surface area contributed by atoms with Crippen LogP contribution in [-0.4, -0.2) is 11.1 Å². The molecule has 78 valence electrons. The lowest BCUT2D eigenvalue weighted by molar-refractivity contribution is -0.132. The van der Waals surface area contributed by atoms with Gasteiger partial charge in [-0.2, -0.15) is 0 Å². The van der Waals surface area contributed by atoms with Gasteiger partial charge in [-0.1, -0.05) is 30.3 Å². The van der Waals surface area contributed by atoms with E-state index in [0.29, 0.717) is 0 Å². The fourth-order valence-corrected chi connectivity index (χ4v) is 1.30. The van der Waals surface area contributed by atoms with Crippen molar-refractivity contribution in [3.63, 3.8) is 0 Å². The highest BCUT2D eigenvalue weighted by molar-refractivity contribution is 5.88. The molecule has 1 heterocycles. The third-order valence-electron chi connectivity index (χ3n) is 2.04. The summed E-state index contributed by atoms with van der Waals surface area (Å²) in [7, 11) is 0. The van der Waals surface area contributed by atoms with Crippen molar-refractivity contribution in [1.29, 1.82) is 0 Å². The summed E-state index contributed by atoms with van der Waals surface area (Å²) < 4.78 is 0. The van der Waals surface area contributed by atoms with Crippen molar-refractivity contribution in [3.05, 3.63) is 46.5 Å². The average molecular weight is 224 g/mol. The van der Waals surface area contributed by atoms with Crippen LogP contribution in [-0.2, 0) is 4.79 Å². The zero-order chi connectivity index (χ0) is 9.97. The molecule has 2 N–H and O–H groups in total. The predicted molar refractivity (Wildman–Crippen MR) is 60.7 cm³/mol. The number of fused-ring (bicyclic) bond motifs is 1. The quantitative estimate of drug-likeness (QED) is 0.715. The first kappa shape index (κ1) is 11.3. The summed E-state index contributed by atoms with van der Waals surface area (Å²) in [5.74, 6) is -0.953. The number of nitrogens with one attached hydrogen (secondary N) is 1. The van der Waals surface area contributed by atoms with Crippen molar-refractivity contribution in [1.82, 2.24) is 5.32 Å². The first-order valence-corrected chi connectivity index (χ1v) is 4.24. The molecule has 15 heavy (non-hydrogen) atoms. The van der Waals surface area contributed by atoms with Crippen molar-refractivity contribution in [2.45, 2.75) is 0 Å². The minimum absolute atomic E-state index is 0. The van der Waals surface area contributed by atoms with E-state index in [4.69, 9.17) is 5.11 Å². The van der Waals surface area contributed by atoms with E-state index in [0.717, 1.165) is 10.4 Å². The smallest absolute Gasteiger partial charge is 0.352 e. The molecular formula is C11H10ClNO2. The zero-order valence-corrected chi connectivity index (χ0v) is 8.62. The van der Waals surface area contributed by atoms with Gasteiger partial charge in [0.2, 0.25) is 0 Å². The Kier molecular flexibility index (Phi) is 3.52. The van der Waals surface area contributed by atoms with Crippen LogP contribution in [0.15, 0.2) is 36.0 Å². The molecule has 0 unspecified atom stereocenters. The second-order valence-corrected chi connectivity index (χ2v) is 2.97. The molecule has 0 amide bonds. The van der Waals surface area contributed by atoms with Gasteiger partial charge < -0.3 is 10.4 Å². The van der Waals surface area contributed by atoms with Crippen LogP contribution in [0.1, 0.15) is 0 Å². The van der Waals surface area contributed by atoms with Crippen LogP contribution in [0.3, 0.4) is 0 Å². The molecular weight excluding hydrogens is 214 g/mol. The molecule has 0 aromatic heterocycles. The van der Waals surface area contributed by atoms with E-state index in [1.165, 1.54) is 0 Å². The lowest BCUT2D eigenvalue weighted by Crippen LogP contribution is -2.25. The van der Waals surface area contributed by atoms with Crippen molar-refractivity contribution in [3.8, 4) is 0 Å². The molecule has 3 nitrogen and oxygen atoms in total. The van der Waals surface area contributed by atoms with Gasteiger partial charge >= 0.3 is 5.97 Å². The molecule has 0 saturated heterocycles. The Balaban J connectivity index is 0.00000112.